The number of nitrogens with zero attached hydrogens (tertiary/aromatic N) is 1. The van der Waals surface area contributed by atoms with E-state index in [-0.39, 0.29) is 5.75 Å². The van der Waals surface area contributed by atoms with Gasteiger partial charge in [0, 0.05) is 11.3 Å². The summed E-state index contributed by atoms with van der Waals surface area (Å²) in [5.74, 6) is -0.733. The van der Waals surface area contributed by atoms with Crippen molar-refractivity contribution in [2.45, 2.75) is 26.5 Å². The van der Waals surface area contributed by atoms with Crippen LogP contribution in [0.4, 0.5) is 5.69 Å². The van der Waals surface area contributed by atoms with Crippen LogP contribution in [0.15, 0.2) is 52.9 Å². The first-order valence-corrected chi connectivity index (χ1v) is 10.7. The molecule has 0 saturated carbocycles. The highest BCUT2D eigenvalue weighted by Crippen LogP contribution is 2.25. The molecule has 1 N–H and O–H groups in total. The Labute approximate surface area is 164 Å². The molecule has 0 radical (unpaired) electrons. The molecule has 2 aromatic carbocycles. The monoisotopic (exact) mass is 398 g/mol. The van der Waals surface area contributed by atoms with Crippen molar-refractivity contribution in [3.8, 4) is 11.5 Å². The second-order valence-corrected chi connectivity index (χ2v) is 8.80. The first kappa shape index (κ1) is 19.8. The summed E-state index contributed by atoms with van der Waals surface area (Å²) in [6.45, 7) is 5.45. The minimum absolute atomic E-state index is 0.321. The van der Waals surface area contributed by atoms with Gasteiger partial charge in [0.1, 0.15) is 11.5 Å². The van der Waals surface area contributed by atoms with Crippen LogP contribution in [0.5, 0.6) is 0 Å². The Hall–Kier alpha value is -2.93. The number of aromatic nitrogens is 1. The summed E-state index contributed by atoms with van der Waals surface area (Å²) in [4.78, 5) is 16.5. The molecule has 0 aliphatic carbocycles. The Balaban J connectivity index is 1.73. The van der Waals surface area contributed by atoms with E-state index in [9.17, 15) is 13.2 Å². The topological polar surface area (TPSA) is 89.3 Å². The third kappa shape index (κ3) is 4.67. The number of aryl methyl sites for hydroxylation is 3. The van der Waals surface area contributed by atoms with Crippen molar-refractivity contribution in [3.63, 3.8) is 0 Å². The van der Waals surface area contributed by atoms with Crippen molar-refractivity contribution >= 4 is 21.4 Å². The zero-order chi connectivity index (χ0) is 20.3. The van der Waals surface area contributed by atoms with E-state index >= 15 is 0 Å². The number of hydrogen-bond donors (Lipinski definition) is 1. The fourth-order valence-corrected chi connectivity index (χ4v) is 4.11. The largest absolute Gasteiger partial charge is 0.441 e. The van der Waals surface area contributed by atoms with E-state index in [4.69, 9.17) is 4.42 Å². The van der Waals surface area contributed by atoms with Gasteiger partial charge < -0.3 is 9.73 Å². The first-order chi connectivity index (χ1) is 13.2. The summed E-state index contributed by atoms with van der Waals surface area (Å²) in [6, 6.07) is 14.8. The highest BCUT2D eigenvalue weighted by atomic mass is 32.2. The number of amides is 1. The number of hydrogen-bond acceptors (Lipinski definition) is 5. The number of oxazole rings is 1. The summed E-state index contributed by atoms with van der Waals surface area (Å²) in [6.07, 6.45) is 0. The van der Waals surface area contributed by atoms with Crippen LogP contribution >= 0.6 is 0 Å². The number of carbonyl (C=O) groups excluding carboxylic acids is 1. The number of para-hydroxylation sites is 1. The van der Waals surface area contributed by atoms with E-state index in [2.05, 4.69) is 10.3 Å². The van der Waals surface area contributed by atoms with Gasteiger partial charge in [-0.15, -0.1) is 0 Å². The lowest BCUT2D eigenvalue weighted by Gasteiger charge is -2.08. The molecular formula is C21H22N2O4S. The molecule has 0 bridgehead atoms. The van der Waals surface area contributed by atoms with Crippen LogP contribution < -0.4 is 5.32 Å². The molecule has 0 unspecified atom stereocenters. The SMILES string of the molecule is Cc1ccccc1NC(=O)CS(=O)(=O)Cc1nc(-c2ccccc2C)oc1C. The molecule has 6 nitrogen and oxygen atoms in total. The summed E-state index contributed by atoms with van der Waals surface area (Å²) in [5, 5.41) is 2.64. The maximum atomic E-state index is 12.5. The Bertz CT molecular complexity index is 1120. The number of rotatable bonds is 6. The number of carbonyl (C=O) groups is 1. The molecule has 7 heteroatoms. The third-order valence-corrected chi connectivity index (χ3v) is 5.81. The molecule has 1 aromatic heterocycles. The molecule has 1 heterocycles. The van der Waals surface area contributed by atoms with Gasteiger partial charge in [-0.3, -0.25) is 4.79 Å². The molecule has 0 atom stereocenters. The molecule has 0 spiro atoms. The Morgan fingerprint density at radius 3 is 2.32 bits per heavy atom. The Kier molecular flexibility index (Phi) is 5.65. The zero-order valence-electron chi connectivity index (χ0n) is 16.0. The van der Waals surface area contributed by atoms with E-state index in [1.165, 1.54) is 0 Å². The summed E-state index contributed by atoms with van der Waals surface area (Å²) in [7, 11) is -3.70. The van der Waals surface area contributed by atoms with Gasteiger partial charge >= 0.3 is 0 Å². The quantitative estimate of drug-likeness (QED) is 0.682. The zero-order valence-corrected chi connectivity index (χ0v) is 16.8. The van der Waals surface area contributed by atoms with Gasteiger partial charge in [0.2, 0.25) is 11.8 Å². The number of sulfone groups is 1. The van der Waals surface area contributed by atoms with Crippen LogP contribution in [0.2, 0.25) is 0 Å². The fourth-order valence-electron chi connectivity index (χ4n) is 2.85. The van der Waals surface area contributed by atoms with Crippen LogP contribution in [-0.4, -0.2) is 25.1 Å². The minimum atomic E-state index is -3.70. The molecular weight excluding hydrogens is 376 g/mol. The highest BCUT2D eigenvalue weighted by molar-refractivity contribution is 7.91. The van der Waals surface area contributed by atoms with E-state index in [1.54, 1.807) is 19.1 Å². The molecule has 1 amide bonds. The summed E-state index contributed by atoms with van der Waals surface area (Å²) in [5.41, 5.74) is 3.58. The Morgan fingerprint density at radius 2 is 1.64 bits per heavy atom. The highest BCUT2D eigenvalue weighted by Gasteiger charge is 2.22. The van der Waals surface area contributed by atoms with Crippen molar-refractivity contribution in [3.05, 3.63) is 71.1 Å². The van der Waals surface area contributed by atoms with Crippen molar-refractivity contribution < 1.29 is 17.6 Å². The van der Waals surface area contributed by atoms with E-state index in [0.29, 0.717) is 23.0 Å². The van der Waals surface area contributed by atoms with Gasteiger partial charge in [0.05, 0.1) is 11.4 Å². The van der Waals surface area contributed by atoms with Crippen LogP contribution in [-0.2, 0) is 20.4 Å². The van der Waals surface area contributed by atoms with Gasteiger partial charge in [-0.2, -0.15) is 0 Å². The lowest BCUT2D eigenvalue weighted by Crippen LogP contribution is -2.24. The van der Waals surface area contributed by atoms with Crippen molar-refractivity contribution in [1.82, 2.24) is 4.98 Å². The second kappa shape index (κ2) is 7.98. The van der Waals surface area contributed by atoms with Crippen molar-refractivity contribution in [1.29, 1.82) is 0 Å². The van der Waals surface area contributed by atoms with Crippen LogP contribution in [0.3, 0.4) is 0 Å². The van der Waals surface area contributed by atoms with Crippen molar-refractivity contribution in [2.75, 3.05) is 11.1 Å². The maximum absolute atomic E-state index is 12.5. The lowest BCUT2D eigenvalue weighted by molar-refractivity contribution is -0.113. The molecule has 0 saturated heterocycles. The van der Waals surface area contributed by atoms with Gasteiger partial charge in [0.25, 0.3) is 0 Å². The molecule has 0 fully saturated rings. The van der Waals surface area contributed by atoms with Gasteiger partial charge in [-0.25, -0.2) is 13.4 Å². The van der Waals surface area contributed by atoms with Gasteiger partial charge in [0.15, 0.2) is 9.84 Å². The molecule has 146 valence electrons. The van der Waals surface area contributed by atoms with E-state index in [1.807, 2.05) is 50.2 Å². The summed E-state index contributed by atoms with van der Waals surface area (Å²) < 4.78 is 30.7. The lowest BCUT2D eigenvalue weighted by atomic mass is 10.1. The predicted octanol–water partition coefficient (Wildman–Crippen LogP) is 3.82. The smallest absolute Gasteiger partial charge is 0.239 e. The van der Waals surface area contributed by atoms with E-state index in [0.717, 1.165) is 16.7 Å². The van der Waals surface area contributed by atoms with Crippen LogP contribution in [0.25, 0.3) is 11.5 Å². The van der Waals surface area contributed by atoms with Gasteiger partial charge in [-0.05, 0) is 44.0 Å². The fraction of sp³-hybridized carbons (Fsp3) is 0.238. The third-order valence-electron chi connectivity index (χ3n) is 4.39. The van der Waals surface area contributed by atoms with Crippen LogP contribution in [0.1, 0.15) is 22.6 Å². The molecule has 0 aliphatic heterocycles. The number of anilines is 1. The normalized spacial score (nSPS) is 11.4. The van der Waals surface area contributed by atoms with Crippen LogP contribution in [0, 0.1) is 20.8 Å². The standard InChI is InChI=1S/C21H22N2O4S/c1-14-8-4-6-10-17(14)21-23-19(16(3)27-21)12-28(25,26)13-20(24)22-18-11-7-5-9-15(18)2/h4-11H,12-13H2,1-3H3,(H,22,24). The average molecular weight is 398 g/mol. The Morgan fingerprint density at radius 1 is 1.00 bits per heavy atom. The maximum Gasteiger partial charge on any atom is 0.239 e. The summed E-state index contributed by atoms with van der Waals surface area (Å²) >= 11 is 0. The average Bonchev–Trinajstić information content (AvgIpc) is 2.96. The number of benzene rings is 2. The molecule has 3 aromatic rings. The minimum Gasteiger partial charge on any atom is -0.441 e. The van der Waals surface area contributed by atoms with Gasteiger partial charge in [-0.1, -0.05) is 36.4 Å². The molecule has 3 rings (SSSR count). The number of nitrogens with one attached hydrogen (secondary N) is 1. The molecule has 28 heavy (non-hydrogen) atoms. The van der Waals surface area contributed by atoms with Crippen molar-refractivity contribution in [2.24, 2.45) is 0 Å². The van der Waals surface area contributed by atoms with E-state index < -0.39 is 21.5 Å². The predicted molar refractivity (Wildman–Crippen MR) is 109 cm³/mol. The second-order valence-electron chi connectivity index (χ2n) is 6.73. The first-order valence-electron chi connectivity index (χ1n) is 8.83. The molecule has 0 aliphatic rings.